The van der Waals surface area contributed by atoms with Gasteiger partial charge in [0.25, 0.3) is 21.6 Å². The molecule has 14 nitrogen and oxygen atoms in total. The molecule has 336 valence electrons. The van der Waals surface area contributed by atoms with Crippen LogP contribution in [-0.2, 0) is 21.2 Å². The Hall–Kier alpha value is -5.74. The van der Waals surface area contributed by atoms with Gasteiger partial charge in [0, 0.05) is 87.3 Å². The fourth-order valence-electron chi connectivity index (χ4n) is 8.97. The summed E-state index contributed by atoms with van der Waals surface area (Å²) < 4.78 is 36.1. The number of amides is 2. The Morgan fingerprint density at radius 1 is 0.969 bits per heavy atom. The number of rotatable bonds is 15. The molecule has 8 rings (SSSR count). The first-order chi connectivity index (χ1) is 30.7. The lowest BCUT2D eigenvalue weighted by Gasteiger charge is -2.39. The van der Waals surface area contributed by atoms with Crippen LogP contribution in [0.1, 0.15) is 66.6 Å². The van der Waals surface area contributed by atoms with Crippen LogP contribution in [0.5, 0.6) is 11.5 Å². The number of fused-ring (bicyclic) bond motifs is 1. The number of carbonyl (C=O) groups excluding carboxylic acids is 2. The van der Waals surface area contributed by atoms with Gasteiger partial charge in [-0.3, -0.25) is 29.5 Å². The number of allylic oxidation sites excluding steroid dienone is 2. The summed E-state index contributed by atoms with van der Waals surface area (Å²) >= 11 is 6.25. The average molecular weight is 909 g/mol. The smallest absolute Gasteiger partial charge is 0.293 e. The molecule has 2 fully saturated rings. The van der Waals surface area contributed by atoms with E-state index in [0.29, 0.717) is 38.3 Å². The van der Waals surface area contributed by atoms with Gasteiger partial charge in [-0.2, -0.15) is 0 Å². The standard InChI is InChI=1S/C48H54ClN7O7S/c1-48(2)19-18-35(41(30-48)34-10-12-36(49)13-11-34)31-54-24-26-55(27-25-54)37-14-16-40(45(28-37)63-44-9-4-7-33-6-3-8-39(33)44)47(58)52-64(61,62)38-15-17-42(43(29-38)56(59)60)50-20-5-22-53-23-21-51-46(57)32-53/h3-4,7-17,28-29,50H,5-6,18-27,30-32H2,1-2H3,(H,51,57)(H,52,58). The normalized spacial score (nSPS) is 17.8. The number of nitrogens with zero attached hydrogens (tertiary/aromatic N) is 4. The molecule has 0 radical (unpaired) electrons. The zero-order chi connectivity index (χ0) is 45.0. The summed E-state index contributed by atoms with van der Waals surface area (Å²) in [7, 11) is -4.57. The van der Waals surface area contributed by atoms with E-state index >= 15 is 0 Å². The lowest BCUT2D eigenvalue weighted by Crippen LogP contribution is -2.47. The summed E-state index contributed by atoms with van der Waals surface area (Å²) in [5.74, 6) is -0.268. The van der Waals surface area contributed by atoms with Crippen molar-refractivity contribution < 1.29 is 27.7 Å². The highest BCUT2D eigenvalue weighted by Gasteiger charge is 2.31. The summed E-state index contributed by atoms with van der Waals surface area (Å²) in [6.45, 7) is 11.2. The van der Waals surface area contributed by atoms with E-state index in [1.165, 1.54) is 28.8 Å². The zero-order valence-electron chi connectivity index (χ0n) is 36.2. The number of sulfonamides is 1. The molecule has 16 heteroatoms. The topological polar surface area (TPSA) is 166 Å². The molecule has 2 amide bonds. The number of benzene rings is 4. The highest BCUT2D eigenvalue weighted by atomic mass is 35.5. The predicted molar refractivity (Wildman–Crippen MR) is 251 cm³/mol. The van der Waals surface area contributed by atoms with Crippen LogP contribution in [-0.4, -0.2) is 100 Å². The van der Waals surface area contributed by atoms with Crippen LogP contribution in [0.25, 0.3) is 11.6 Å². The molecule has 2 aliphatic carbocycles. The fraction of sp³-hybridized carbons (Fsp3) is 0.375. The average Bonchev–Trinajstić information content (AvgIpc) is 3.76. The molecule has 2 heterocycles. The second-order valence-corrected chi connectivity index (χ2v) is 19.8. The van der Waals surface area contributed by atoms with Crippen LogP contribution in [0.4, 0.5) is 17.1 Å². The molecular weight excluding hydrogens is 854 g/mol. The van der Waals surface area contributed by atoms with Gasteiger partial charge >= 0.3 is 0 Å². The molecule has 0 saturated carbocycles. The lowest BCUT2D eigenvalue weighted by atomic mass is 9.72. The van der Waals surface area contributed by atoms with Crippen LogP contribution in [0.15, 0.2) is 95.4 Å². The Morgan fingerprint density at radius 2 is 1.77 bits per heavy atom. The minimum Gasteiger partial charge on any atom is -0.456 e. The van der Waals surface area contributed by atoms with E-state index in [-0.39, 0.29) is 28.3 Å². The van der Waals surface area contributed by atoms with E-state index < -0.39 is 31.4 Å². The van der Waals surface area contributed by atoms with Gasteiger partial charge < -0.3 is 20.3 Å². The van der Waals surface area contributed by atoms with Gasteiger partial charge in [-0.25, -0.2) is 13.1 Å². The second-order valence-electron chi connectivity index (χ2n) is 17.7. The van der Waals surface area contributed by atoms with Gasteiger partial charge in [-0.15, -0.1) is 0 Å². The summed E-state index contributed by atoms with van der Waals surface area (Å²) in [5, 5.41) is 18.6. The largest absolute Gasteiger partial charge is 0.456 e. The molecule has 0 spiro atoms. The maximum atomic E-state index is 14.0. The molecule has 4 aromatic carbocycles. The summed E-state index contributed by atoms with van der Waals surface area (Å²) in [5.41, 5.74) is 6.82. The number of carbonyl (C=O) groups is 2. The molecule has 64 heavy (non-hydrogen) atoms. The number of hydrogen-bond donors (Lipinski definition) is 3. The summed E-state index contributed by atoms with van der Waals surface area (Å²) in [4.78, 5) is 43.5. The van der Waals surface area contributed by atoms with E-state index in [0.717, 1.165) is 92.9 Å². The first-order valence-electron chi connectivity index (χ1n) is 21.8. The number of halogens is 1. The van der Waals surface area contributed by atoms with Crippen molar-refractivity contribution in [1.29, 1.82) is 0 Å². The van der Waals surface area contributed by atoms with Crippen molar-refractivity contribution in [1.82, 2.24) is 19.8 Å². The highest BCUT2D eigenvalue weighted by Crippen LogP contribution is 2.44. The SMILES string of the molecule is CC1(C)CCC(CN2CCN(c3ccc(C(=O)NS(=O)(=O)c4ccc(NCCCN5CCNC(=O)C5)c([N+](=O)[O-])c4)c(Oc4cccc5c4C=CC5)c3)CC2)=C(c2ccc(Cl)cc2)C1. The second kappa shape index (κ2) is 19.2. The Balaban J connectivity index is 0.980. The van der Waals surface area contributed by atoms with E-state index in [4.69, 9.17) is 16.3 Å². The van der Waals surface area contributed by atoms with Gasteiger partial charge in [0.15, 0.2) is 0 Å². The van der Waals surface area contributed by atoms with Crippen LogP contribution >= 0.6 is 11.6 Å². The maximum Gasteiger partial charge on any atom is 0.293 e. The molecule has 0 atom stereocenters. The van der Waals surface area contributed by atoms with Crippen LogP contribution in [0, 0.1) is 15.5 Å². The third-order valence-electron chi connectivity index (χ3n) is 12.5. The first kappa shape index (κ1) is 44.9. The number of nitrogens with one attached hydrogen (secondary N) is 3. The molecule has 4 aliphatic rings. The molecule has 0 bridgehead atoms. The Labute approximate surface area is 379 Å². The molecule has 2 aliphatic heterocycles. The van der Waals surface area contributed by atoms with Gasteiger partial charge in [0.05, 0.1) is 21.9 Å². The molecule has 3 N–H and O–H groups in total. The highest BCUT2D eigenvalue weighted by molar-refractivity contribution is 7.90. The molecule has 4 aromatic rings. The van der Waals surface area contributed by atoms with Crippen LogP contribution in [0.2, 0.25) is 5.02 Å². The van der Waals surface area contributed by atoms with Crippen molar-refractivity contribution in [2.75, 3.05) is 75.7 Å². The maximum absolute atomic E-state index is 14.0. The van der Waals surface area contributed by atoms with Crippen molar-refractivity contribution in [3.8, 4) is 11.5 Å². The molecule has 0 unspecified atom stereocenters. The number of piperazine rings is 2. The minimum absolute atomic E-state index is 0.00796. The molecule has 0 aromatic heterocycles. The third kappa shape index (κ3) is 10.6. The summed E-state index contributed by atoms with van der Waals surface area (Å²) in [6, 6.07) is 22.5. The molecule has 2 saturated heterocycles. The van der Waals surface area contributed by atoms with Crippen LogP contribution < -0.4 is 25.0 Å². The predicted octanol–water partition coefficient (Wildman–Crippen LogP) is 7.75. The van der Waals surface area contributed by atoms with E-state index in [1.807, 2.05) is 47.4 Å². The third-order valence-corrected chi connectivity index (χ3v) is 14.1. The number of nitro groups is 1. The fourth-order valence-corrected chi connectivity index (χ4v) is 10.1. The van der Waals surface area contributed by atoms with E-state index in [2.05, 4.69) is 51.1 Å². The van der Waals surface area contributed by atoms with Crippen molar-refractivity contribution >= 4 is 62.1 Å². The van der Waals surface area contributed by atoms with Crippen LogP contribution in [0.3, 0.4) is 0 Å². The van der Waals surface area contributed by atoms with E-state index in [9.17, 15) is 28.1 Å². The quantitative estimate of drug-likeness (QED) is 0.0607. The van der Waals surface area contributed by atoms with Gasteiger partial charge in [-0.05, 0) is 96.7 Å². The number of hydrogen-bond acceptors (Lipinski definition) is 11. The Morgan fingerprint density at radius 3 is 2.53 bits per heavy atom. The van der Waals surface area contributed by atoms with Crippen molar-refractivity contribution in [2.24, 2.45) is 5.41 Å². The van der Waals surface area contributed by atoms with Gasteiger partial charge in [0.2, 0.25) is 5.91 Å². The minimum atomic E-state index is -4.57. The van der Waals surface area contributed by atoms with Crippen molar-refractivity contribution in [2.45, 2.75) is 50.8 Å². The molecular formula is C48H54ClN7O7S. The Bertz CT molecular complexity index is 2610. The van der Waals surface area contributed by atoms with Crippen molar-refractivity contribution in [3.63, 3.8) is 0 Å². The first-order valence-corrected chi connectivity index (χ1v) is 23.7. The van der Waals surface area contributed by atoms with Gasteiger partial charge in [-0.1, -0.05) is 67.4 Å². The van der Waals surface area contributed by atoms with Crippen molar-refractivity contribution in [3.05, 3.63) is 128 Å². The summed E-state index contributed by atoms with van der Waals surface area (Å²) in [6.07, 6.45) is 8.56. The van der Waals surface area contributed by atoms with E-state index in [1.54, 1.807) is 18.2 Å². The monoisotopic (exact) mass is 907 g/mol. The lowest BCUT2D eigenvalue weighted by molar-refractivity contribution is -0.384. The Kier molecular flexibility index (Phi) is 13.4. The zero-order valence-corrected chi connectivity index (χ0v) is 37.8. The number of anilines is 2. The van der Waals surface area contributed by atoms with Gasteiger partial charge in [0.1, 0.15) is 17.2 Å². The number of nitro benzene ring substituents is 1. The number of ether oxygens (including phenoxy) is 1.